The zero-order chi connectivity index (χ0) is 15.7. The van der Waals surface area contributed by atoms with Gasteiger partial charge < -0.3 is 5.32 Å². The van der Waals surface area contributed by atoms with E-state index in [-0.39, 0.29) is 0 Å². The Balaban J connectivity index is 2.59. The normalized spacial score (nSPS) is 11.8. The van der Waals surface area contributed by atoms with Crippen LogP contribution in [0.4, 0.5) is 0 Å². The molecule has 0 spiro atoms. The zero-order valence-electron chi connectivity index (χ0n) is 13.1. The van der Waals surface area contributed by atoms with Crippen molar-refractivity contribution in [1.82, 2.24) is 10.0 Å². The molecule has 0 fully saturated rings. The van der Waals surface area contributed by atoms with Crippen molar-refractivity contribution >= 4 is 21.8 Å². The second kappa shape index (κ2) is 9.46. The lowest BCUT2D eigenvalue weighted by molar-refractivity contribution is 0.576. The predicted molar refractivity (Wildman–Crippen MR) is 91.4 cm³/mol. The van der Waals surface area contributed by atoms with Gasteiger partial charge in [0.05, 0.1) is 4.90 Å². The lowest BCUT2D eigenvalue weighted by Gasteiger charge is -2.10. The summed E-state index contributed by atoms with van der Waals surface area (Å²) < 4.78 is 27.2. The average Bonchev–Trinajstić information content (AvgIpc) is 2.45. The van der Waals surface area contributed by atoms with Crippen molar-refractivity contribution in [2.75, 3.05) is 25.6 Å². The maximum atomic E-state index is 12.3. The molecule has 1 aromatic carbocycles. The highest BCUT2D eigenvalue weighted by molar-refractivity contribution is 7.98. The summed E-state index contributed by atoms with van der Waals surface area (Å²) in [6.45, 7) is 3.16. The van der Waals surface area contributed by atoms with E-state index in [1.165, 1.54) is 0 Å². The Morgan fingerprint density at radius 1 is 1.19 bits per heavy atom. The van der Waals surface area contributed by atoms with E-state index in [4.69, 9.17) is 0 Å². The van der Waals surface area contributed by atoms with Crippen molar-refractivity contribution in [2.45, 2.75) is 37.6 Å². The summed E-state index contributed by atoms with van der Waals surface area (Å²) >= 11 is 1.83. The fourth-order valence-electron chi connectivity index (χ4n) is 2.03. The standard InChI is InChI=1S/C15H26N2O2S2/c1-13-7-8-15(11-14(13)12-16-2)21(18,19)17-9-5-4-6-10-20-3/h7-8,11,16-17H,4-6,9-10,12H2,1-3H3. The van der Waals surface area contributed by atoms with Crippen LogP contribution in [0.5, 0.6) is 0 Å². The van der Waals surface area contributed by atoms with E-state index in [1.807, 2.05) is 31.8 Å². The Labute approximate surface area is 133 Å². The molecule has 6 heteroatoms. The lowest BCUT2D eigenvalue weighted by atomic mass is 10.1. The summed E-state index contributed by atoms with van der Waals surface area (Å²) in [5.74, 6) is 1.14. The van der Waals surface area contributed by atoms with Crippen LogP contribution in [-0.4, -0.2) is 34.0 Å². The third kappa shape index (κ3) is 6.38. The molecule has 0 amide bonds. The monoisotopic (exact) mass is 330 g/mol. The molecule has 0 unspecified atom stereocenters. The zero-order valence-corrected chi connectivity index (χ0v) is 14.7. The third-order valence-corrected chi connectivity index (χ3v) is 5.47. The topological polar surface area (TPSA) is 58.2 Å². The molecular formula is C15H26N2O2S2. The van der Waals surface area contributed by atoms with Gasteiger partial charge in [-0.25, -0.2) is 13.1 Å². The van der Waals surface area contributed by atoms with Gasteiger partial charge in [0.1, 0.15) is 0 Å². The van der Waals surface area contributed by atoms with Crippen LogP contribution >= 0.6 is 11.8 Å². The molecule has 1 rings (SSSR count). The van der Waals surface area contributed by atoms with Crippen LogP contribution in [0, 0.1) is 6.92 Å². The van der Waals surface area contributed by atoms with Crippen molar-refractivity contribution in [1.29, 1.82) is 0 Å². The van der Waals surface area contributed by atoms with Gasteiger partial charge in [0, 0.05) is 13.1 Å². The van der Waals surface area contributed by atoms with Gasteiger partial charge in [-0.3, -0.25) is 0 Å². The van der Waals surface area contributed by atoms with Gasteiger partial charge in [0.15, 0.2) is 0 Å². The summed E-state index contributed by atoms with van der Waals surface area (Å²) in [7, 11) is -1.54. The van der Waals surface area contributed by atoms with Crippen molar-refractivity contribution < 1.29 is 8.42 Å². The quantitative estimate of drug-likeness (QED) is 0.647. The first kappa shape index (κ1) is 18.5. The minimum Gasteiger partial charge on any atom is -0.316 e. The molecule has 0 aliphatic carbocycles. The predicted octanol–water partition coefficient (Wildman–Crippen LogP) is 2.53. The molecule has 2 N–H and O–H groups in total. The van der Waals surface area contributed by atoms with Crippen LogP contribution < -0.4 is 10.0 Å². The highest BCUT2D eigenvalue weighted by Gasteiger charge is 2.14. The van der Waals surface area contributed by atoms with Gasteiger partial charge in [0.25, 0.3) is 0 Å². The van der Waals surface area contributed by atoms with Crippen LogP contribution in [0.15, 0.2) is 23.1 Å². The second-order valence-corrected chi connectivity index (χ2v) is 7.82. The van der Waals surface area contributed by atoms with E-state index in [9.17, 15) is 8.42 Å². The highest BCUT2D eigenvalue weighted by atomic mass is 32.2. The van der Waals surface area contributed by atoms with Crippen LogP contribution in [0.1, 0.15) is 30.4 Å². The number of rotatable bonds is 10. The smallest absolute Gasteiger partial charge is 0.240 e. The molecule has 0 heterocycles. The summed E-state index contributed by atoms with van der Waals surface area (Å²) in [6, 6.07) is 5.28. The van der Waals surface area contributed by atoms with E-state index in [0.717, 1.165) is 36.1 Å². The first-order valence-corrected chi connectivity index (χ1v) is 10.1. The summed E-state index contributed by atoms with van der Waals surface area (Å²) in [5.41, 5.74) is 2.11. The van der Waals surface area contributed by atoms with Gasteiger partial charge in [-0.2, -0.15) is 11.8 Å². The Kier molecular flexibility index (Phi) is 8.33. The number of hydrogen-bond donors (Lipinski definition) is 2. The van der Waals surface area contributed by atoms with Gasteiger partial charge in [-0.15, -0.1) is 0 Å². The second-order valence-electron chi connectivity index (χ2n) is 5.07. The fourth-order valence-corrected chi connectivity index (χ4v) is 3.65. The molecule has 0 aromatic heterocycles. The fraction of sp³-hybridized carbons (Fsp3) is 0.600. The van der Waals surface area contributed by atoms with Crippen LogP contribution in [0.25, 0.3) is 0 Å². The van der Waals surface area contributed by atoms with Crippen LogP contribution in [0.3, 0.4) is 0 Å². The van der Waals surface area contributed by atoms with Crippen molar-refractivity contribution in [2.24, 2.45) is 0 Å². The number of nitrogens with one attached hydrogen (secondary N) is 2. The maximum Gasteiger partial charge on any atom is 0.240 e. The van der Waals surface area contributed by atoms with E-state index in [2.05, 4.69) is 16.3 Å². The number of aryl methyl sites for hydroxylation is 1. The maximum absolute atomic E-state index is 12.3. The number of sulfonamides is 1. The van der Waals surface area contributed by atoms with Gasteiger partial charge in [-0.1, -0.05) is 12.5 Å². The Hall–Kier alpha value is -0.560. The van der Waals surface area contributed by atoms with Crippen LogP contribution in [0.2, 0.25) is 0 Å². The average molecular weight is 331 g/mol. The Morgan fingerprint density at radius 2 is 1.95 bits per heavy atom. The summed E-state index contributed by atoms with van der Waals surface area (Å²) in [5, 5.41) is 3.06. The Bertz CT molecular complexity index is 530. The molecule has 120 valence electrons. The molecule has 0 saturated heterocycles. The first-order valence-electron chi connectivity index (χ1n) is 7.24. The molecule has 0 atom stereocenters. The molecular weight excluding hydrogens is 304 g/mol. The van der Waals surface area contributed by atoms with E-state index < -0.39 is 10.0 Å². The van der Waals surface area contributed by atoms with Crippen molar-refractivity contribution in [3.8, 4) is 0 Å². The van der Waals surface area contributed by atoms with Gasteiger partial charge >= 0.3 is 0 Å². The molecule has 1 aromatic rings. The Morgan fingerprint density at radius 3 is 2.62 bits per heavy atom. The summed E-state index contributed by atoms with van der Waals surface area (Å²) in [6.07, 6.45) is 5.17. The number of hydrogen-bond acceptors (Lipinski definition) is 4. The molecule has 0 aliphatic rings. The van der Waals surface area contributed by atoms with Crippen molar-refractivity contribution in [3.63, 3.8) is 0 Å². The first-order chi connectivity index (χ1) is 10.0. The van der Waals surface area contributed by atoms with E-state index in [0.29, 0.717) is 18.0 Å². The number of unbranched alkanes of at least 4 members (excludes halogenated alkanes) is 2. The molecule has 4 nitrogen and oxygen atoms in total. The third-order valence-electron chi connectivity index (χ3n) is 3.32. The SMILES string of the molecule is CNCc1cc(S(=O)(=O)NCCCCCSC)ccc1C. The van der Waals surface area contributed by atoms with Gasteiger partial charge in [0.2, 0.25) is 10.0 Å². The molecule has 21 heavy (non-hydrogen) atoms. The number of benzene rings is 1. The highest BCUT2D eigenvalue weighted by Crippen LogP contribution is 2.15. The molecule has 0 bridgehead atoms. The van der Waals surface area contributed by atoms with Crippen LogP contribution in [-0.2, 0) is 16.6 Å². The molecule has 0 saturated carbocycles. The molecule has 0 radical (unpaired) electrons. The van der Waals surface area contributed by atoms with Crippen molar-refractivity contribution in [3.05, 3.63) is 29.3 Å². The summed E-state index contributed by atoms with van der Waals surface area (Å²) in [4.78, 5) is 0.350. The minimum atomic E-state index is -3.39. The minimum absolute atomic E-state index is 0.350. The lowest BCUT2D eigenvalue weighted by Crippen LogP contribution is -2.25. The number of thioether (sulfide) groups is 1. The van der Waals surface area contributed by atoms with E-state index in [1.54, 1.807) is 12.1 Å². The van der Waals surface area contributed by atoms with Gasteiger partial charge in [-0.05, 0) is 62.1 Å². The largest absolute Gasteiger partial charge is 0.316 e. The molecule has 0 aliphatic heterocycles. The van der Waals surface area contributed by atoms with E-state index >= 15 is 0 Å².